The van der Waals surface area contributed by atoms with Crippen LogP contribution in [-0.4, -0.2) is 16.6 Å². The Hall–Kier alpha value is -1.45. The smallest absolute Gasteiger partial charge is 0.107 e. The number of aryl methyl sites for hydroxylation is 1. The van der Waals surface area contributed by atoms with Gasteiger partial charge in [0.05, 0.1) is 5.52 Å². The van der Waals surface area contributed by atoms with Crippen molar-refractivity contribution in [1.82, 2.24) is 4.98 Å². The topological polar surface area (TPSA) is 59.1 Å². The van der Waals surface area contributed by atoms with Gasteiger partial charge in [-0.3, -0.25) is 4.98 Å². The van der Waals surface area contributed by atoms with Gasteiger partial charge in [-0.2, -0.15) is 0 Å². The zero-order valence-electron chi connectivity index (χ0n) is 12.1. The molecule has 2 aromatic rings. The number of aromatic nitrogens is 1. The van der Waals surface area contributed by atoms with Crippen LogP contribution in [0.15, 0.2) is 30.3 Å². The van der Waals surface area contributed by atoms with Crippen molar-refractivity contribution >= 4 is 10.9 Å². The van der Waals surface area contributed by atoms with Gasteiger partial charge in [-0.15, -0.1) is 0 Å². The van der Waals surface area contributed by atoms with Gasteiger partial charge in [-0.1, -0.05) is 32.9 Å². The maximum atomic E-state index is 10.9. The number of rotatable bonds is 2. The standard InChI is InChI=1S/C16H22N2O/c1-11-5-6-12-9-13(7-8-14(12)18-11)16(19,10-17)15(2,3)4/h5-9,19H,10,17H2,1-4H3. The maximum Gasteiger partial charge on any atom is 0.107 e. The average Bonchev–Trinajstić information content (AvgIpc) is 2.35. The lowest BCUT2D eigenvalue weighted by Gasteiger charge is -2.40. The Balaban J connectivity index is 2.60. The number of nitrogens with zero attached hydrogens (tertiary/aromatic N) is 1. The van der Waals surface area contributed by atoms with Crippen molar-refractivity contribution in [3.8, 4) is 0 Å². The molecule has 2 rings (SSSR count). The fraction of sp³-hybridized carbons (Fsp3) is 0.438. The summed E-state index contributed by atoms with van der Waals surface area (Å²) in [6.45, 7) is 8.16. The molecule has 3 heteroatoms. The number of aliphatic hydroxyl groups is 1. The zero-order valence-corrected chi connectivity index (χ0v) is 12.1. The van der Waals surface area contributed by atoms with Gasteiger partial charge < -0.3 is 10.8 Å². The van der Waals surface area contributed by atoms with Crippen LogP contribution >= 0.6 is 0 Å². The van der Waals surface area contributed by atoms with Crippen molar-refractivity contribution in [3.63, 3.8) is 0 Å². The Morgan fingerprint density at radius 1 is 1.16 bits per heavy atom. The number of hydrogen-bond acceptors (Lipinski definition) is 3. The van der Waals surface area contributed by atoms with Crippen molar-refractivity contribution in [2.45, 2.75) is 33.3 Å². The van der Waals surface area contributed by atoms with E-state index in [1.165, 1.54) is 0 Å². The SMILES string of the molecule is Cc1ccc2cc(C(O)(CN)C(C)(C)C)ccc2n1. The molecule has 0 aliphatic heterocycles. The molecule has 19 heavy (non-hydrogen) atoms. The Kier molecular flexibility index (Phi) is 3.37. The first-order valence-electron chi connectivity index (χ1n) is 6.58. The normalized spacial score (nSPS) is 15.5. The molecular formula is C16H22N2O. The Labute approximate surface area is 114 Å². The monoisotopic (exact) mass is 258 g/mol. The molecule has 1 heterocycles. The van der Waals surface area contributed by atoms with Crippen molar-refractivity contribution in [2.75, 3.05) is 6.54 Å². The summed E-state index contributed by atoms with van der Waals surface area (Å²) in [7, 11) is 0. The summed E-state index contributed by atoms with van der Waals surface area (Å²) in [6, 6.07) is 9.86. The highest BCUT2D eigenvalue weighted by Gasteiger charge is 2.40. The summed E-state index contributed by atoms with van der Waals surface area (Å²) in [5, 5.41) is 11.9. The molecule has 1 aromatic heterocycles. The molecule has 102 valence electrons. The number of nitrogens with two attached hydrogens (primary N) is 1. The van der Waals surface area contributed by atoms with E-state index < -0.39 is 5.60 Å². The predicted molar refractivity (Wildman–Crippen MR) is 78.9 cm³/mol. The van der Waals surface area contributed by atoms with Crippen LogP contribution in [0.4, 0.5) is 0 Å². The molecule has 1 aromatic carbocycles. The summed E-state index contributed by atoms with van der Waals surface area (Å²) in [6.07, 6.45) is 0. The molecule has 0 saturated carbocycles. The lowest BCUT2D eigenvalue weighted by Crippen LogP contribution is -2.46. The van der Waals surface area contributed by atoms with Crippen molar-refractivity contribution < 1.29 is 5.11 Å². The van der Waals surface area contributed by atoms with Gasteiger partial charge in [0.15, 0.2) is 0 Å². The van der Waals surface area contributed by atoms with Crippen LogP contribution in [0.5, 0.6) is 0 Å². The van der Waals surface area contributed by atoms with Crippen molar-refractivity contribution in [1.29, 1.82) is 0 Å². The molecule has 0 bridgehead atoms. The van der Waals surface area contributed by atoms with E-state index >= 15 is 0 Å². The first-order chi connectivity index (χ1) is 8.78. The fourth-order valence-electron chi connectivity index (χ4n) is 2.34. The first-order valence-corrected chi connectivity index (χ1v) is 6.58. The number of benzene rings is 1. The van der Waals surface area contributed by atoms with E-state index in [-0.39, 0.29) is 12.0 Å². The molecule has 0 spiro atoms. The third kappa shape index (κ3) is 2.36. The highest BCUT2D eigenvalue weighted by Crippen LogP contribution is 2.39. The Morgan fingerprint density at radius 2 is 1.84 bits per heavy atom. The molecule has 0 fully saturated rings. The van der Waals surface area contributed by atoms with E-state index in [2.05, 4.69) is 4.98 Å². The van der Waals surface area contributed by atoms with E-state index in [0.717, 1.165) is 22.2 Å². The van der Waals surface area contributed by atoms with Crippen molar-refractivity contribution in [2.24, 2.45) is 11.1 Å². The lowest BCUT2D eigenvalue weighted by atomic mass is 9.72. The Morgan fingerprint density at radius 3 is 2.42 bits per heavy atom. The second-order valence-electron chi connectivity index (χ2n) is 6.17. The van der Waals surface area contributed by atoms with Crippen molar-refractivity contribution in [3.05, 3.63) is 41.6 Å². The average molecular weight is 258 g/mol. The molecule has 1 atom stereocenters. The quantitative estimate of drug-likeness (QED) is 0.870. The van der Waals surface area contributed by atoms with Gasteiger partial charge >= 0.3 is 0 Å². The highest BCUT2D eigenvalue weighted by molar-refractivity contribution is 5.79. The molecule has 0 amide bonds. The van der Waals surface area contributed by atoms with E-state index in [0.29, 0.717) is 0 Å². The summed E-state index contributed by atoms with van der Waals surface area (Å²) in [5.41, 5.74) is 7.25. The summed E-state index contributed by atoms with van der Waals surface area (Å²) in [5.74, 6) is 0. The minimum absolute atomic E-state index is 0.196. The third-order valence-corrected chi connectivity index (χ3v) is 3.84. The van der Waals surface area contributed by atoms with Gasteiger partial charge in [0.2, 0.25) is 0 Å². The minimum Gasteiger partial charge on any atom is -0.383 e. The fourth-order valence-corrected chi connectivity index (χ4v) is 2.34. The van der Waals surface area contributed by atoms with E-state index in [4.69, 9.17) is 5.73 Å². The predicted octanol–water partition coefficient (Wildman–Crippen LogP) is 2.74. The molecule has 0 saturated heterocycles. The molecule has 1 unspecified atom stereocenters. The second-order valence-corrected chi connectivity index (χ2v) is 6.17. The third-order valence-electron chi connectivity index (χ3n) is 3.84. The summed E-state index contributed by atoms with van der Waals surface area (Å²) in [4.78, 5) is 4.47. The number of hydrogen-bond donors (Lipinski definition) is 2. The minimum atomic E-state index is -1.04. The summed E-state index contributed by atoms with van der Waals surface area (Å²) >= 11 is 0. The number of fused-ring (bicyclic) bond motifs is 1. The molecule has 0 radical (unpaired) electrons. The van der Waals surface area contributed by atoms with E-state index in [1.807, 2.05) is 58.0 Å². The van der Waals surface area contributed by atoms with Crippen LogP contribution in [0.25, 0.3) is 10.9 Å². The molecule has 3 nitrogen and oxygen atoms in total. The molecule has 0 aliphatic rings. The van der Waals surface area contributed by atoms with Gasteiger partial charge in [0, 0.05) is 17.6 Å². The van der Waals surface area contributed by atoms with E-state index in [9.17, 15) is 5.11 Å². The summed E-state index contributed by atoms with van der Waals surface area (Å²) < 4.78 is 0. The van der Waals surface area contributed by atoms with Gasteiger partial charge in [-0.25, -0.2) is 0 Å². The van der Waals surface area contributed by atoms with Crippen LogP contribution in [0.3, 0.4) is 0 Å². The van der Waals surface area contributed by atoms with Crippen LogP contribution in [-0.2, 0) is 5.60 Å². The van der Waals surface area contributed by atoms with E-state index in [1.54, 1.807) is 0 Å². The second kappa shape index (κ2) is 4.58. The van der Waals surface area contributed by atoms with Crippen LogP contribution in [0.2, 0.25) is 0 Å². The zero-order chi connectivity index (χ0) is 14.3. The lowest BCUT2D eigenvalue weighted by molar-refractivity contribution is -0.0556. The highest BCUT2D eigenvalue weighted by atomic mass is 16.3. The molecular weight excluding hydrogens is 236 g/mol. The van der Waals surface area contributed by atoms with Crippen LogP contribution in [0.1, 0.15) is 32.0 Å². The van der Waals surface area contributed by atoms with Crippen LogP contribution < -0.4 is 5.73 Å². The number of pyridine rings is 1. The van der Waals surface area contributed by atoms with Gasteiger partial charge in [0.25, 0.3) is 0 Å². The Bertz CT molecular complexity index is 601. The largest absolute Gasteiger partial charge is 0.383 e. The molecule has 0 aliphatic carbocycles. The van der Waals surface area contributed by atoms with Gasteiger partial charge in [0.1, 0.15) is 5.60 Å². The van der Waals surface area contributed by atoms with Gasteiger partial charge in [-0.05, 0) is 36.1 Å². The van der Waals surface area contributed by atoms with Crippen LogP contribution in [0, 0.1) is 12.3 Å². The maximum absolute atomic E-state index is 10.9. The molecule has 3 N–H and O–H groups in total. The first kappa shape index (κ1) is 14.0.